The van der Waals surface area contributed by atoms with Crippen LogP contribution in [0.2, 0.25) is 0 Å². The molecule has 1 N–H and O–H groups in total. The molecule has 2 heterocycles. The van der Waals surface area contributed by atoms with Gasteiger partial charge in [-0.1, -0.05) is 12.1 Å². The molecule has 4 aromatic rings. The normalized spacial score (nSPS) is 11.8. The van der Waals surface area contributed by atoms with Crippen molar-refractivity contribution < 1.29 is 4.39 Å². The molecule has 0 aliphatic heterocycles. The number of thioether (sulfide) groups is 1. The lowest BCUT2D eigenvalue weighted by atomic mass is 10.2. The monoisotopic (exact) mass is 352 g/mol. The molecular formula is C18H13FN4OS. The van der Waals surface area contributed by atoms with Gasteiger partial charge in [-0.05, 0) is 42.2 Å². The van der Waals surface area contributed by atoms with E-state index in [1.165, 1.54) is 18.5 Å². The number of benzene rings is 2. The zero-order chi connectivity index (χ0) is 17.4. The van der Waals surface area contributed by atoms with Crippen LogP contribution in [0.25, 0.3) is 21.9 Å². The molecule has 0 aliphatic carbocycles. The number of rotatable bonds is 3. The fraction of sp³-hybridized carbons (Fsp3) is 0.0556. The molecule has 0 unspecified atom stereocenters. The third-order valence-corrected chi connectivity index (χ3v) is 4.64. The molecule has 0 saturated heterocycles. The van der Waals surface area contributed by atoms with E-state index in [2.05, 4.69) is 15.1 Å². The van der Waals surface area contributed by atoms with Gasteiger partial charge in [-0.3, -0.25) is 4.79 Å². The zero-order valence-electron chi connectivity index (χ0n) is 13.2. The van der Waals surface area contributed by atoms with Crippen LogP contribution in [0.15, 0.2) is 63.6 Å². The van der Waals surface area contributed by atoms with Crippen molar-refractivity contribution in [3.63, 3.8) is 0 Å². The summed E-state index contributed by atoms with van der Waals surface area (Å²) in [6.45, 7) is 0. The third-order valence-electron chi connectivity index (χ3n) is 3.90. The quantitative estimate of drug-likeness (QED) is 0.452. The average Bonchev–Trinajstić information content (AvgIpc) is 3.00. The lowest BCUT2D eigenvalue weighted by molar-refractivity contribution is 0.630. The Balaban J connectivity index is 1.77. The van der Waals surface area contributed by atoms with Crippen LogP contribution in [0.3, 0.4) is 0 Å². The fourth-order valence-electron chi connectivity index (χ4n) is 2.62. The van der Waals surface area contributed by atoms with Gasteiger partial charge in [-0.25, -0.2) is 9.37 Å². The Labute approximate surface area is 146 Å². The van der Waals surface area contributed by atoms with Crippen LogP contribution in [-0.4, -0.2) is 27.1 Å². The molecule has 4 rings (SSSR count). The van der Waals surface area contributed by atoms with Crippen molar-refractivity contribution in [2.24, 2.45) is 5.10 Å². The molecule has 0 saturated carbocycles. The van der Waals surface area contributed by atoms with E-state index in [4.69, 9.17) is 0 Å². The van der Waals surface area contributed by atoms with Gasteiger partial charge in [-0.15, -0.1) is 11.8 Å². The minimum Gasteiger partial charge on any atom is -0.349 e. The van der Waals surface area contributed by atoms with Gasteiger partial charge in [-0.2, -0.15) is 9.78 Å². The molecule has 25 heavy (non-hydrogen) atoms. The predicted octanol–water partition coefficient (Wildman–Crippen LogP) is 3.62. The first kappa shape index (κ1) is 15.6. The molecule has 0 fully saturated rings. The zero-order valence-corrected chi connectivity index (χ0v) is 14.0. The van der Waals surface area contributed by atoms with Crippen molar-refractivity contribution >= 4 is 39.9 Å². The van der Waals surface area contributed by atoms with Gasteiger partial charge in [0.2, 0.25) is 0 Å². The van der Waals surface area contributed by atoms with E-state index in [9.17, 15) is 9.18 Å². The molecule has 0 atom stereocenters. The van der Waals surface area contributed by atoms with E-state index < -0.39 is 0 Å². The number of aromatic amines is 1. The minimum absolute atomic E-state index is 0.304. The summed E-state index contributed by atoms with van der Waals surface area (Å²) in [5, 5.41) is 4.76. The molecule has 0 spiro atoms. The summed E-state index contributed by atoms with van der Waals surface area (Å²) in [5.41, 5.74) is 1.95. The van der Waals surface area contributed by atoms with Crippen molar-refractivity contribution in [1.29, 1.82) is 0 Å². The van der Waals surface area contributed by atoms with Crippen LogP contribution in [-0.2, 0) is 0 Å². The minimum atomic E-state index is -0.369. The van der Waals surface area contributed by atoms with Crippen LogP contribution in [0.5, 0.6) is 0 Å². The lowest BCUT2D eigenvalue weighted by Crippen LogP contribution is -2.17. The molecule has 7 heteroatoms. The van der Waals surface area contributed by atoms with E-state index in [-0.39, 0.29) is 11.4 Å². The smallest absolute Gasteiger partial charge is 0.298 e. The number of fused-ring (bicyclic) bond motifs is 3. The summed E-state index contributed by atoms with van der Waals surface area (Å²) in [6, 6.07) is 12.1. The van der Waals surface area contributed by atoms with Gasteiger partial charge in [0.05, 0.1) is 6.21 Å². The first-order valence-corrected chi connectivity index (χ1v) is 8.75. The summed E-state index contributed by atoms with van der Waals surface area (Å²) in [7, 11) is 0. The van der Waals surface area contributed by atoms with Crippen LogP contribution >= 0.6 is 11.8 Å². The second kappa shape index (κ2) is 6.18. The van der Waals surface area contributed by atoms with Gasteiger partial charge in [0.25, 0.3) is 5.56 Å². The fourth-order valence-corrected chi connectivity index (χ4v) is 3.03. The van der Waals surface area contributed by atoms with Crippen LogP contribution in [0.4, 0.5) is 4.39 Å². The number of halogens is 1. The molecular weight excluding hydrogens is 339 g/mol. The highest BCUT2D eigenvalue weighted by molar-refractivity contribution is 7.98. The average molecular weight is 352 g/mol. The topological polar surface area (TPSA) is 63.0 Å². The molecule has 0 bridgehead atoms. The maximum Gasteiger partial charge on any atom is 0.298 e. The van der Waals surface area contributed by atoms with E-state index in [1.54, 1.807) is 24.0 Å². The second-order valence-corrected chi connectivity index (χ2v) is 6.33. The van der Waals surface area contributed by atoms with Crippen molar-refractivity contribution in [1.82, 2.24) is 14.6 Å². The van der Waals surface area contributed by atoms with Crippen LogP contribution in [0, 0.1) is 5.82 Å². The molecule has 0 aliphatic rings. The van der Waals surface area contributed by atoms with Gasteiger partial charge in [0.1, 0.15) is 23.2 Å². The maximum atomic E-state index is 13.4. The van der Waals surface area contributed by atoms with Gasteiger partial charge < -0.3 is 4.98 Å². The number of hydrogen-bond acceptors (Lipinski definition) is 4. The highest BCUT2D eigenvalue weighted by Crippen LogP contribution is 2.22. The molecule has 2 aromatic heterocycles. The standard InChI is InChI=1S/C18H13FN4OS/c1-25-13-5-2-11(3-6-13)9-21-23-10-20-16-14-8-12(19)4-7-15(14)22-17(16)18(23)24/h2-10,22H,1H3/b21-9-. The molecule has 124 valence electrons. The number of hydrogen-bond donors (Lipinski definition) is 1. The molecule has 2 aromatic carbocycles. The Kier molecular flexibility index (Phi) is 3.85. The Morgan fingerprint density at radius 3 is 2.80 bits per heavy atom. The van der Waals surface area contributed by atoms with Crippen LogP contribution in [0.1, 0.15) is 5.56 Å². The van der Waals surface area contributed by atoms with E-state index in [1.807, 2.05) is 30.5 Å². The summed E-state index contributed by atoms with van der Waals surface area (Å²) in [5.74, 6) is -0.369. The summed E-state index contributed by atoms with van der Waals surface area (Å²) < 4.78 is 14.6. The number of nitrogens with zero attached hydrogens (tertiary/aromatic N) is 3. The molecule has 0 radical (unpaired) electrons. The van der Waals surface area contributed by atoms with E-state index in [0.717, 1.165) is 15.1 Å². The summed E-state index contributed by atoms with van der Waals surface area (Å²) >= 11 is 1.66. The van der Waals surface area contributed by atoms with Gasteiger partial charge in [0, 0.05) is 15.8 Å². The van der Waals surface area contributed by atoms with Crippen molar-refractivity contribution in [2.45, 2.75) is 4.90 Å². The van der Waals surface area contributed by atoms with Crippen molar-refractivity contribution in [3.05, 3.63) is 70.5 Å². The number of H-pyrrole nitrogens is 1. The highest BCUT2D eigenvalue weighted by Gasteiger charge is 2.11. The Morgan fingerprint density at radius 2 is 2.04 bits per heavy atom. The largest absolute Gasteiger partial charge is 0.349 e. The maximum absolute atomic E-state index is 13.4. The first-order chi connectivity index (χ1) is 12.2. The number of nitrogens with one attached hydrogen (secondary N) is 1. The van der Waals surface area contributed by atoms with E-state index >= 15 is 0 Å². The lowest BCUT2D eigenvalue weighted by Gasteiger charge is -1.99. The van der Waals surface area contributed by atoms with E-state index in [0.29, 0.717) is 21.9 Å². The second-order valence-electron chi connectivity index (χ2n) is 5.45. The Bertz CT molecular complexity index is 1160. The molecule has 0 amide bonds. The predicted molar refractivity (Wildman–Crippen MR) is 99.0 cm³/mol. The Morgan fingerprint density at radius 1 is 1.24 bits per heavy atom. The SMILES string of the molecule is CSc1ccc(/C=N\n2cnc3c([nH]c4ccc(F)cc43)c2=O)cc1. The first-order valence-electron chi connectivity index (χ1n) is 7.53. The van der Waals surface area contributed by atoms with Crippen molar-refractivity contribution in [2.75, 3.05) is 6.26 Å². The third kappa shape index (κ3) is 2.83. The highest BCUT2D eigenvalue weighted by atomic mass is 32.2. The summed E-state index contributed by atoms with van der Waals surface area (Å²) in [6.07, 6.45) is 4.95. The summed E-state index contributed by atoms with van der Waals surface area (Å²) in [4.78, 5) is 21.0. The number of aromatic nitrogens is 3. The van der Waals surface area contributed by atoms with Crippen molar-refractivity contribution in [3.8, 4) is 0 Å². The van der Waals surface area contributed by atoms with Crippen LogP contribution < -0.4 is 5.56 Å². The van der Waals surface area contributed by atoms with Gasteiger partial charge >= 0.3 is 0 Å². The Hall–Kier alpha value is -2.93. The van der Waals surface area contributed by atoms with Gasteiger partial charge in [0.15, 0.2) is 0 Å². The molecule has 5 nitrogen and oxygen atoms in total.